The molecule has 2 rings (SSSR count). The number of non-ortho nitro benzene ring substituents is 1. The van der Waals surface area contributed by atoms with E-state index >= 15 is 0 Å². The molecule has 0 unspecified atom stereocenters. The Balaban J connectivity index is 2.38. The summed E-state index contributed by atoms with van der Waals surface area (Å²) < 4.78 is 1.91. The van der Waals surface area contributed by atoms with E-state index in [0.717, 1.165) is 15.3 Å². The van der Waals surface area contributed by atoms with Crippen LogP contribution in [0.1, 0.15) is 10.4 Å². The fourth-order valence-electron chi connectivity index (χ4n) is 1.86. The maximum absolute atomic E-state index is 12.1. The van der Waals surface area contributed by atoms with Crippen LogP contribution in [0.3, 0.4) is 0 Å². The van der Waals surface area contributed by atoms with Gasteiger partial charge in [-0.3, -0.25) is 24.3 Å². The van der Waals surface area contributed by atoms with Crippen molar-refractivity contribution in [2.75, 3.05) is 5.32 Å². The Morgan fingerprint density at radius 2 is 1.95 bits per heavy atom. The van der Waals surface area contributed by atoms with Gasteiger partial charge in [0.05, 0.1) is 4.92 Å². The molecular formula is C13H12N4O5. The predicted octanol–water partition coefficient (Wildman–Crippen LogP) is 0.244. The summed E-state index contributed by atoms with van der Waals surface area (Å²) in [7, 11) is 2.67. The van der Waals surface area contributed by atoms with Crippen LogP contribution in [-0.4, -0.2) is 20.0 Å². The average Bonchev–Trinajstić information content (AvgIpc) is 2.49. The molecule has 0 aliphatic rings. The number of nitrogens with zero attached hydrogens (tertiary/aromatic N) is 3. The van der Waals surface area contributed by atoms with E-state index in [9.17, 15) is 24.5 Å². The molecule has 114 valence electrons. The molecule has 1 aromatic carbocycles. The van der Waals surface area contributed by atoms with Crippen LogP contribution in [0.5, 0.6) is 0 Å². The third kappa shape index (κ3) is 2.77. The second kappa shape index (κ2) is 5.64. The van der Waals surface area contributed by atoms with Gasteiger partial charge in [0.2, 0.25) is 0 Å². The lowest BCUT2D eigenvalue weighted by atomic mass is 10.2. The molecule has 1 amide bonds. The van der Waals surface area contributed by atoms with E-state index in [1.165, 1.54) is 38.4 Å². The fourth-order valence-corrected chi connectivity index (χ4v) is 1.86. The number of benzene rings is 1. The van der Waals surface area contributed by atoms with Gasteiger partial charge in [-0.2, -0.15) is 0 Å². The molecule has 2 aromatic rings. The molecule has 0 bridgehead atoms. The molecule has 1 aromatic heterocycles. The number of aryl methyl sites for hydroxylation is 1. The van der Waals surface area contributed by atoms with Crippen LogP contribution in [0.25, 0.3) is 0 Å². The first-order chi connectivity index (χ1) is 10.3. The summed E-state index contributed by atoms with van der Waals surface area (Å²) in [5.41, 5.74) is -1.56. The Morgan fingerprint density at radius 3 is 2.59 bits per heavy atom. The summed E-state index contributed by atoms with van der Waals surface area (Å²) in [6, 6.07) is 5.31. The fraction of sp³-hybridized carbons (Fsp3) is 0.154. The summed E-state index contributed by atoms with van der Waals surface area (Å²) in [6.07, 6.45) is 1.12. The van der Waals surface area contributed by atoms with Crippen molar-refractivity contribution >= 4 is 17.3 Å². The lowest BCUT2D eigenvalue weighted by molar-refractivity contribution is -0.384. The standard InChI is InChI=1S/C13H12N4O5/c1-15-7-10(12(19)16(2)13(15)20)11(18)14-8-4-3-5-9(6-8)17(21)22/h3-7H,1-2H3,(H,14,18). The Morgan fingerprint density at radius 1 is 1.27 bits per heavy atom. The molecule has 0 radical (unpaired) electrons. The smallest absolute Gasteiger partial charge is 0.322 e. The monoisotopic (exact) mass is 304 g/mol. The van der Waals surface area contributed by atoms with Crippen LogP contribution in [0.15, 0.2) is 40.1 Å². The number of nitro groups is 1. The van der Waals surface area contributed by atoms with Crippen LogP contribution in [0.2, 0.25) is 0 Å². The molecule has 1 heterocycles. The van der Waals surface area contributed by atoms with Gasteiger partial charge in [-0.15, -0.1) is 0 Å². The Labute approximate surface area is 123 Å². The second-order valence-electron chi connectivity index (χ2n) is 4.56. The molecule has 1 N–H and O–H groups in total. The van der Waals surface area contributed by atoms with Gasteiger partial charge in [-0.05, 0) is 6.07 Å². The number of hydrogen-bond acceptors (Lipinski definition) is 5. The highest BCUT2D eigenvalue weighted by Gasteiger charge is 2.16. The van der Waals surface area contributed by atoms with Crippen molar-refractivity contribution in [3.8, 4) is 0 Å². The molecule has 22 heavy (non-hydrogen) atoms. The van der Waals surface area contributed by atoms with E-state index in [1.54, 1.807) is 0 Å². The van der Waals surface area contributed by atoms with Crippen molar-refractivity contribution < 1.29 is 9.72 Å². The van der Waals surface area contributed by atoms with E-state index < -0.39 is 22.1 Å². The number of aromatic nitrogens is 2. The summed E-state index contributed by atoms with van der Waals surface area (Å²) in [5, 5.41) is 13.1. The Hall–Kier alpha value is -3.23. The van der Waals surface area contributed by atoms with E-state index in [2.05, 4.69) is 5.32 Å². The molecule has 0 aliphatic carbocycles. The SMILES string of the molecule is Cn1cc(C(=O)Nc2cccc([N+](=O)[O-])c2)c(=O)n(C)c1=O. The largest absolute Gasteiger partial charge is 0.330 e. The zero-order chi connectivity index (χ0) is 16.4. The molecular weight excluding hydrogens is 292 g/mol. The molecule has 0 spiro atoms. The number of nitrogens with one attached hydrogen (secondary N) is 1. The molecule has 0 saturated heterocycles. The first kappa shape index (κ1) is 15.2. The Kier molecular flexibility index (Phi) is 3.89. The predicted molar refractivity (Wildman–Crippen MR) is 78.0 cm³/mol. The lowest BCUT2D eigenvalue weighted by Crippen LogP contribution is -2.40. The summed E-state index contributed by atoms with van der Waals surface area (Å²) in [6.45, 7) is 0. The Bertz CT molecular complexity index is 881. The van der Waals surface area contributed by atoms with Gasteiger partial charge in [0.25, 0.3) is 17.2 Å². The third-order valence-corrected chi connectivity index (χ3v) is 3.01. The van der Waals surface area contributed by atoms with Crippen LogP contribution < -0.4 is 16.6 Å². The van der Waals surface area contributed by atoms with Crippen molar-refractivity contribution in [1.82, 2.24) is 9.13 Å². The van der Waals surface area contributed by atoms with Crippen LogP contribution >= 0.6 is 0 Å². The number of carbonyl (C=O) groups is 1. The first-order valence-corrected chi connectivity index (χ1v) is 6.13. The molecule has 0 saturated carbocycles. The van der Waals surface area contributed by atoms with Gasteiger partial charge in [0.15, 0.2) is 0 Å². The molecule has 0 atom stereocenters. The lowest BCUT2D eigenvalue weighted by Gasteiger charge is -2.07. The molecule has 9 heteroatoms. The number of amides is 1. The van der Waals surface area contributed by atoms with E-state index in [4.69, 9.17) is 0 Å². The highest BCUT2D eigenvalue weighted by atomic mass is 16.6. The van der Waals surface area contributed by atoms with Gasteiger partial charge in [0, 0.05) is 38.1 Å². The van der Waals surface area contributed by atoms with Crippen LogP contribution in [0, 0.1) is 10.1 Å². The van der Waals surface area contributed by atoms with Gasteiger partial charge in [-0.1, -0.05) is 6.07 Å². The van der Waals surface area contributed by atoms with Crippen molar-refractivity contribution in [2.24, 2.45) is 14.1 Å². The third-order valence-electron chi connectivity index (χ3n) is 3.01. The zero-order valence-electron chi connectivity index (χ0n) is 11.8. The normalized spacial score (nSPS) is 10.3. The minimum Gasteiger partial charge on any atom is -0.322 e. The number of nitro benzene ring substituents is 1. The first-order valence-electron chi connectivity index (χ1n) is 6.13. The van der Waals surface area contributed by atoms with Gasteiger partial charge in [0.1, 0.15) is 5.56 Å². The minimum atomic E-state index is -0.753. The maximum Gasteiger partial charge on any atom is 0.330 e. The number of rotatable bonds is 3. The topological polar surface area (TPSA) is 116 Å². The number of anilines is 1. The van der Waals surface area contributed by atoms with Gasteiger partial charge in [-0.25, -0.2) is 4.79 Å². The highest BCUT2D eigenvalue weighted by molar-refractivity contribution is 6.03. The van der Waals surface area contributed by atoms with Gasteiger partial charge < -0.3 is 9.88 Å². The van der Waals surface area contributed by atoms with E-state index in [-0.39, 0.29) is 16.9 Å². The van der Waals surface area contributed by atoms with Crippen molar-refractivity contribution in [1.29, 1.82) is 0 Å². The number of hydrogen-bond donors (Lipinski definition) is 1. The van der Waals surface area contributed by atoms with Crippen molar-refractivity contribution in [3.05, 3.63) is 67.0 Å². The minimum absolute atomic E-state index is 0.176. The number of carbonyl (C=O) groups excluding carboxylic acids is 1. The quantitative estimate of drug-likeness (QED) is 0.644. The van der Waals surface area contributed by atoms with Crippen LogP contribution in [-0.2, 0) is 14.1 Å². The summed E-state index contributed by atoms with van der Waals surface area (Å²) in [5.74, 6) is -0.753. The zero-order valence-corrected chi connectivity index (χ0v) is 11.8. The summed E-state index contributed by atoms with van der Waals surface area (Å²) in [4.78, 5) is 45.7. The summed E-state index contributed by atoms with van der Waals surface area (Å²) >= 11 is 0. The molecule has 9 nitrogen and oxygen atoms in total. The van der Waals surface area contributed by atoms with Crippen LogP contribution in [0.4, 0.5) is 11.4 Å². The molecule has 0 fully saturated rings. The average molecular weight is 304 g/mol. The van der Waals surface area contributed by atoms with E-state index in [1.807, 2.05) is 0 Å². The van der Waals surface area contributed by atoms with Crippen molar-refractivity contribution in [2.45, 2.75) is 0 Å². The second-order valence-corrected chi connectivity index (χ2v) is 4.56. The van der Waals surface area contributed by atoms with E-state index in [0.29, 0.717) is 0 Å². The maximum atomic E-state index is 12.1. The van der Waals surface area contributed by atoms with Crippen molar-refractivity contribution in [3.63, 3.8) is 0 Å². The molecule has 0 aliphatic heterocycles. The highest BCUT2D eigenvalue weighted by Crippen LogP contribution is 2.17. The van der Waals surface area contributed by atoms with Gasteiger partial charge >= 0.3 is 5.69 Å².